The molecule has 3 rings (SSSR count). The fourth-order valence-electron chi connectivity index (χ4n) is 2.64. The van der Waals surface area contributed by atoms with E-state index in [1.807, 2.05) is 60.7 Å². The molecule has 0 saturated carbocycles. The van der Waals surface area contributed by atoms with E-state index in [9.17, 15) is 9.59 Å². The summed E-state index contributed by atoms with van der Waals surface area (Å²) in [6, 6.07) is 19.1. The van der Waals surface area contributed by atoms with Crippen LogP contribution in [0.15, 0.2) is 72.8 Å². The van der Waals surface area contributed by atoms with Crippen molar-refractivity contribution in [2.24, 2.45) is 0 Å². The van der Waals surface area contributed by atoms with Gasteiger partial charge in [-0.05, 0) is 17.2 Å². The van der Waals surface area contributed by atoms with Crippen molar-refractivity contribution in [1.29, 1.82) is 0 Å². The van der Waals surface area contributed by atoms with Gasteiger partial charge >= 0.3 is 5.97 Å². The lowest BCUT2D eigenvalue weighted by molar-refractivity contribution is -0.147. The van der Waals surface area contributed by atoms with Gasteiger partial charge in [-0.25, -0.2) is 0 Å². The molecule has 0 spiro atoms. The van der Waals surface area contributed by atoms with Crippen molar-refractivity contribution in [3.8, 4) is 0 Å². The summed E-state index contributed by atoms with van der Waals surface area (Å²) >= 11 is 5.09. The lowest BCUT2D eigenvalue weighted by Gasteiger charge is -2.25. The maximum absolute atomic E-state index is 12.5. The van der Waals surface area contributed by atoms with E-state index in [1.54, 1.807) is 11.0 Å². The second-order valence-electron chi connectivity index (χ2n) is 5.64. The first-order valence-electron chi connectivity index (χ1n) is 7.94. The number of ketones is 1. The molecule has 5 heteroatoms. The van der Waals surface area contributed by atoms with Crippen LogP contribution in [0.3, 0.4) is 0 Å². The predicted octanol–water partition coefficient (Wildman–Crippen LogP) is 3.09. The Balaban J connectivity index is 1.76. The Morgan fingerprint density at radius 3 is 2.16 bits per heavy atom. The fraction of sp³-hybridized carbons (Fsp3) is 0.150. The molecule has 0 atom stereocenters. The SMILES string of the molecule is O=C(CN1CC=CC(=O)C1=S)OC(c1ccccc1)c1ccccc1. The molecule has 0 aromatic heterocycles. The number of ether oxygens (including phenoxy) is 1. The zero-order valence-corrected chi connectivity index (χ0v) is 14.3. The molecule has 1 heterocycles. The Kier molecular flexibility index (Phi) is 5.36. The van der Waals surface area contributed by atoms with Gasteiger partial charge in [0.15, 0.2) is 11.1 Å². The van der Waals surface area contributed by atoms with Crippen LogP contribution in [0, 0.1) is 0 Å². The number of hydrogen-bond acceptors (Lipinski definition) is 4. The number of carbonyl (C=O) groups is 2. The molecule has 0 amide bonds. The molecule has 0 bridgehead atoms. The third-order valence-corrected chi connectivity index (χ3v) is 4.33. The van der Waals surface area contributed by atoms with Crippen LogP contribution in [0.4, 0.5) is 0 Å². The lowest BCUT2D eigenvalue weighted by atomic mass is 10.0. The average molecular weight is 351 g/mol. The Hall–Kier alpha value is -2.79. The minimum Gasteiger partial charge on any atom is -0.451 e. The first-order chi connectivity index (χ1) is 12.1. The van der Waals surface area contributed by atoms with Gasteiger partial charge in [0.05, 0.1) is 0 Å². The maximum atomic E-state index is 12.5. The average Bonchev–Trinajstić information content (AvgIpc) is 2.65. The fourth-order valence-corrected chi connectivity index (χ4v) is 2.85. The largest absolute Gasteiger partial charge is 0.451 e. The van der Waals surface area contributed by atoms with Gasteiger partial charge < -0.3 is 9.64 Å². The molecule has 126 valence electrons. The summed E-state index contributed by atoms with van der Waals surface area (Å²) in [6.07, 6.45) is 2.62. The highest BCUT2D eigenvalue weighted by molar-refractivity contribution is 7.82. The number of esters is 1. The summed E-state index contributed by atoms with van der Waals surface area (Å²) in [4.78, 5) is 25.8. The molecule has 0 unspecified atom stereocenters. The minimum absolute atomic E-state index is 0.0505. The highest BCUT2D eigenvalue weighted by atomic mass is 32.1. The standard InChI is InChI=1S/C20H17NO3S/c22-17-12-7-13-21(20(17)25)14-18(23)24-19(15-8-3-1-4-9-15)16-10-5-2-6-11-16/h1-12,19H,13-14H2. The number of carbonyl (C=O) groups excluding carboxylic acids is 2. The van der Waals surface area contributed by atoms with Gasteiger partial charge in [0, 0.05) is 6.54 Å². The molecule has 0 N–H and O–H groups in total. The van der Waals surface area contributed by atoms with Crippen molar-refractivity contribution in [1.82, 2.24) is 4.90 Å². The Morgan fingerprint density at radius 1 is 1.04 bits per heavy atom. The zero-order valence-electron chi connectivity index (χ0n) is 13.5. The van der Waals surface area contributed by atoms with E-state index in [2.05, 4.69) is 0 Å². The molecule has 2 aromatic carbocycles. The van der Waals surface area contributed by atoms with E-state index >= 15 is 0 Å². The van der Waals surface area contributed by atoms with Gasteiger partial charge in [0.25, 0.3) is 0 Å². The van der Waals surface area contributed by atoms with E-state index in [0.717, 1.165) is 11.1 Å². The van der Waals surface area contributed by atoms with Crippen LogP contribution in [0.1, 0.15) is 17.2 Å². The van der Waals surface area contributed by atoms with Gasteiger partial charge in [-0.2, -0.15) is 0 Å². The molecule has 0 saturated heterocycles. The van der Waals surface area contributed by atoms with E-state index in [-0.39, 0.29) is 17.3 Å². The van der Waals surface area contributed by atoms with Crippen LogP contribution < -0.4 is 0 Å². The van der Waals surface area contributed by atoms with Gasteiger partial charge in [-0.1, -0.05) is 79.0 Å². The summed E-state index contributed by atoms with van der Waals surface area (Å²) in [5.74, 6) is -0.681. The molecule has 25 heavy (non-hydrogen) atoms. The zero-order chi connectivity index (χ0) is 17.6. The maximum Gasteiger partial charge on any atom is 0.326 e. The highest BCUT2D eigenvalue weighted by Gasteiger charge is 2.24. The summed E-state index contributed by atoms with van der Waals surface area (Å²) in [5, 5.41) is 0. The summed E-state index contributed by atoms with van der Waals surface area (Å²) in [5.41, 5.74) is 1.78. The quantitative estimate of drug-likeness (QED) is 0.612. The number of rotatable bonds is 5. The third-order valence-electron chi connectivity index (χ3n) is 3.87. The van der Waals surface area contributed by atoms with Crippen LogP contribution >= 0.6 is 12.2 Å². The number of nitrogens with zero attached hydrogens (tertiary/aromatic N) is 1. The lowest BCUT2D eigenvalue weighted by Crippen LogP contribution is -2.41. The van der Waals surface area contributed by atoms with Gasteiger partial charge in [-0.3, -0.25) is 9.59 Å². The first kappa shape index (κ1) is 17.0. The van der Waals surface area contributed by atoms with Crippen LogP contribution in [-0.2, 0) is 14.3 Å². The monoisotopic (exact) mass is 351 g/mol. The van der Waals surface area contributed by atoms with Gasteiger partial charge in [-0.15, -0.1) is 0 Å². The van der Waals surface area contributed by atoms with Crippen molar-refractivity contribution in [3.63, 3.8) is 0 Å². The number of hydrogen-bond donors (Lipinski definition) is 0. The van der Waals surface area contributed by atoms with E-state index in [0.29, 0.717) is 6.54 Å². The van der Waals surface area contributed by atoms with Crippen LogP contribution in [0.2, 0.25) is 0 Å². The van der Waals surface area contributed by atoms with Crippen molar-refractivity contribution in [2.45, 2.75) is 6.10 Å². The third kappa shape index (κ3) is 4.19. The normalized spacial score (nSPS) is 14.0. The second-order valence-corrected chi connectivity index (χ2v) is 6.03. The van der Waals surface area contributed by atoms with E-state index in [4.69, 9.17) is 17.0 Å². The highest BCUT2D eigenvalue weighted by Crippen LogP contribution is 2.26. The number of thiocarbonyl (C=S) groups is 1. The molecular formula is C20H17NO3S. The van der Waals surface area contributed by atoms with E-state index in [1.165, 1.54) is 6.08 Å². The Labute approximate surface area is 151 Å². The van der Waals surface area contributed by atoms with Crippen molar-refractivity contribution < 1.29 is 14.3 Å². The van der Waals surface area contributed by atoms with Gasteiger partial charge in [0.2, 0.25) is 5.78 Å². The predicted molar refractivity (Wildman–Crippen MR) is 99.1 cm³/mol. The molecular weight excluding hydrogens is 334 g/mol. The Bertz CT molecular complexity index is 763. The minimum atomic E-state index is -0.500. The van der Waals surface area contributed by atoms with Crippen LogP contribution in [0.25, 0.3) is 0 Å². The summed E-state index contributed by atoms with van der Waals surface area (Å²) in [7, 11) is 0. The number of benzene rings is 2. The molecule has 0 aliphatic carbocycles. The molecule has 0 radical (unpaired) electrons. The van der Waals surface area contributed by atoms with Crippen molar-refractivity contribution in [3.05, 3.63) is 83.9 Å². The first-order valence-corrected chi connectivity index (χ1v) is 8.35. The molecule has 4 nitrogen and oxygen atoms in total. The summed E-state index contributed by atoms with van der Waals surface area (Å²) in [6.45, 7) is 0.381. The smallest absolute Gasteiger partial charge is 0.326 e. The Morgan fingerprint density at radius 2 is 1.60 bits per heavy atom. The summed E-state index contributed by atoms with van der Waals surface area (Å²) < 4.78 is 5.73. The van der Waals surface area contributed by atoms with Crippen molar-refractivity contribution >= 4 is 29.0 Å². The molecule has 0 fully saturated rings. The topological polar surface area (TPSA) is 46.6 Å². The molecule has 2 aromatic rings. The molecule has 1 aliphatic heterocycles. The second kappa shape index (κ2) is 7.85. The molecule has 1 aliphatic rings. The van der Waals surface area contributed by atoms with Gasteiger partial charge in [0.1, 0.15) is 6.54 Å². The van der Waals surface area contributed by atoms with Crippen LogP contribution in [-0.4, -0.2) is 34.7 Å². The van der Waals surface area contributed by atoms with E-state index < -0.39 is 12.1 Å². The van der Waals surface area contributed by atoms with Crippen molar-refractivity contribution in [2.75, 3.05) is 13.1 Å². The van der Waals surface area contributed by atoms with Crippen LogP contribution in [0.5, 0.6) is 0 Å².